The zero-order valence-corrected chi connectivity index (χ0v) is 10.7. The first kappa shape index (κ1) is 13.0. The number of hydrogen-bond donors (Lipinski definition) is 2. The predicted molar refractivity (Wildman–Crippen MR) is 66.5 cm³/mol. The average Bonchev–Trinajstić information content (AvgIpc) is 2.50. The van der Waals surface area contributed by atoms with Crippen LogP contribution in [0.5, 0.6) is 0 Å². The predicted octanol–water partition coefficient (Wildman–Crippen LogP) is 2.90. The van der Waals surface area contributed by atoms with Crippen molar-refractivity contribution in [3.63, 3.8) is 0 Å². The molecule has 1 atom stereocenters. The molecule has 0 fully saturated rings. The SMILES string of the molecule is CC(C)CC(O)CNCc1ccc(Cl)s1. The second kappa shape index (κ2) is 6.48. The normalized spacial score (nSPS) is 13.4. The molecule has 1 aromatic rings. The molecule has 0 aliphatic rings. The smallest absolute Gasteiger partial charge is 0.0931 e. The van der Waals surface area contributed by atoms with Gasteiger partial charge in [-0.25, -0.2) is 0 Å². The number of aliphatic hydroxyl groups is 1. The van der Waals surface area contributed by atoms with Crippen molar-refractivity contribution in [3.05, 3.63) is 21.3 Å². The molecule has 0 radical (unpaired) electrons. The lowest BCUT2D eigenvalue weighted by Gasteiger charge is -2.13. The molecule has 0 saturated heterocycles. The summed E-state index contributed by atoms with van der Waals surface area (Å²) in [7, 11) is 0. The second-order valence-corrected chi connectivity index (χ2v) is 5.92. The van der Waals surface area contributed by atoms with Crippen LogP contribution < -0.4 is 5.32 Å². The third-order valence-electron chi connectivity index (χ3n) is 2.05. The topological polar surface area (TPSA) is 32.3 Å². The highest BCUT2D eigenvalue weighted by atomic mass is 35.5. The minimum Gasteiger partial charge on any atom is -0.392 e. The summed E-state index contributed by atoms with van der Waals surface area (Å²) in [5.74, 6) is 0.540. The lowest BCUT2D eigenvalue weighted by Crippen LogP contribution is -2.27. The van der Waals surface area contributed by atoms with Crippen LogP contribution >= 0.6 is 22.9 Å². The van der Waals surface area contributed by atoms with E-state index < -0.39 is 0 Å². The van der Waals surface area contributed by atoms with Gasteiger partial charge in [-0.15, -0.1) is 11.3 Å². The van der Waals surface area contributed by atoms with Gasteiger partial charge >= 0.3 is 0 Å². The fraction of sp³-hybridized carbons (Fsp3) is 0.636. The molecule has 0 amide bonds. The van der Waals surface area contributed by atoms with E-state index in [0.717, 1.165) is 17.3 Å². The van der Waals surface area contributed by atoms with Crippen LogP contribution in [0.4, 0.5) is 0 Å². The van der Waals surface area contributed by atoms with Crippen molar-refractivity contribution < 1.29 is 5.11 Å². The Morgan fingerprint density at radius 2 is 2.20 bits per heavy atom. The maximum absolute atomic E-state index is 9.62. The van der Waals surface area contributed by atoms with E-state index in [1.165, 1.54) is 4.88 Å². The Labute approximate surface area is 100 Å². The number of rotatable bonds is 6. The lowest BCUT2D eigenvalue weighted by molar-refractivity contribution is 0.146. The van der Waals surface area contributed by atoms with Crippen LogP contribution in [-0.2, 0) is 6.54 Å². The van der Waals surface area contributed by atoms with Gasteiger partial charge in [-0.2, -0.15) is 0 Å². The van der Waals surface area contributed by atoms with Crippen LogP contribution in [0, 0.1) is 5.92 Å². The highest BCUT2D eigenvalue weighted by Crippen LogP contribution is 2.20. The fourth-order valence-electron chi connectivity index (χ4n) is 1.44. The van der Waals surface area contributed by atoms with Crippen LogP contribution in [0.25, 0.3) is 0 Å². The van der Waals surface area contributed by atoms with Crippen molar-refractivity contribution >= 4 is 22.9 Å². The molecule has 0 bridgehead atoms. The lowest BCUT2D eigenvalue weighted by atomic mass is 10.1. The van der Waals surface area contributed by atoms with Crippen molar-refractivity contribution in [2.75, 3.05) is 6.54 Å². The van der Waals surface area contributed by atoms with Gasteiger partial charge in [0.25, 0.3) is 0 Å². The summed E-state index contributed by atoms with van der Waals surface area (Å²) < 4.78 is 0.814. The Morgan fingerprint density at radius 1 is 1.47 bits per heavy atom. The molecule has 0 aromatic carbocycles. The molecular weight excluding hydrogens is 230 g/mol. The Balaban J connectivity index is 2.16. The molecule has 1 rings (SSSR count). The minimum atomic E-state index is -0.250. The van der Waals surface area contributed by atoms with E-state index in [1.54, 1.807) is 11.3 Å². The number of nitrogens with one attached hydrogen (secondary N) is 1. The maximum Gasteiger partial charge on any atom is 0.0931 e. The van der Waals surface area contributed by atoms with E-state index in [2.05, 4.69) is 19.2 Å². The van der Waals surface area contributed by atoms with Gasteiger partial charge in [0.2, 0.25) is 0 Å². The van der Waals surface area contributed by atoms with Crippen LogP contribution in [-0.4, -0.2) is 17.8 Å². The first-order valence-electron chi connectivity index (χ1n) is 5.21. The van der Waals surface area contributed by atoms with E-state index in [1.807, 2.05) is 12.1 Å². The first-order valence-corrected chi connectivity index (χ1v) is 6.40. The molecule has 0 saturated carbocycles. The second-order valence-electron chi connectivity index (χ2n) is 4.12. The van der Waals surface area contributed by atoms with Gasteiger partial charge in [-0.3, -0.25) is 0 Å². The van der Waals surface area contributed by atoms with Crippen LogP contribution in [0.15, 0.2) is 12.1 Å². The summed E-state index contributed by atoms with van der Waals surface area (Å²) in [6.45, 7) is 5.66. The molecule has 1 aromatic heterocycles. The van der Waals surface area contributed by atoms with Crippen molar-refractivity contribution in [1.82, 2.24) is 5.32 Å². The van der Waals surface area contributed by atoms with E-state index >= 15 is 0 Å². The standard InChI is InChI=1S/C11H18ClNOS/c1-8(2)5-9(14)6-13-7-10-3-4-11(12)15-10/h3-4,8-9,13-14H,5-7H2,1-2H3. The molecule has 0 spiro atoms. The quantitative estimate of drug-likeness (QED) is 0.810. The zero-order chi connectivity index (χ0) is 11.3. The fourth-order valence-corrected chi connectivity index (χ4v) is 2.49. The van der Waals surface area contributed by atoms with E-state index in [0.29, 0.717) is 12.5 Å². The van der Waals surface area contributed by atoms with Crippen molar-refractivity contribution in [2.24, 2.45) is 5.92 Å². The summed E-state index contributed by atoms with van der Waals surface area (Å²) in [6, 6.07) is 3.91. The van der Waals surface area contributed by atoms with Gasteiger partial charge < -0.3 is 10.4 Å². The van der Waals surface area contributed by atoms with Crippen LogP contribution in [0.2, 0.25) is 4.34 Å². The van der Waals surface area contributed by atoms with Gasteiger partial charge in [-0.05, 0) is 24.5 Å². The molecule has 2 nitrogen and oxygen atoms in total. The molecule has 86 valence electrons. The van der Waals surface area contributed by atoms with Gasteiger partial charge in [0.15, 0.2) is 0 Å². The Kier molecular flexibility index (Phi) is 5.61. The summed E-state index contributed by atoms with van der Waals surface area (Å²) in [4.78, 5) is 1.21. The maximum atomic E-state index is 9.62. The Hall–Kier alpha value is -0.0900. The van der Waals surface area contributed by atoms with E-state index in [4.69, 9.17) is 11.6 Å². The minimum absolute atomic E-state index is 0.250. The summed E-state index contributed by atoms with van der Waals surface area (Å²) in [5.41, 5.74) is 0. The molecule has 0 aliphatic carbocycles. The van der Waals surface area contributed by atoms with Gasteiger partial charge in [0.05, 0.1) is 10.4 Å². The monoisotopic (exact) mass is 247 g/mol. The summed E-state index contributed by atoms with van der Waals surface area (Å²) in [5, 5.41) is 12.8. The Bertz CT molecular complexity index is 288. The third kappa shape index (κ3) is 5.52. The molecule has 1 heterocycles. The van der Waals surface area contributed by atoms with Gasteiger partial charge in [0, 0.05) is 18.0 Å². The number of aliphatic hydroxyl groups excluding tert-OH is 1. The van der Waals surface area contributed by atoms with Gasteiger partial charge in [0.1, 0.15) is 0 Å². The molecule has 0 aliphatic heterocycles. The van der Waals surface area contributed by atoms with Crippen molar-refractivity contribution in [3.8, 4) is 0 Å². The zero-order valence-electron chi connectivity index (χ0n) is 9.16. The summed E-state index contributed by atoms with van der Waals surface area (Å²) >= 11 is 7.39. The Morgan fingerprint density at radius 3 is 2.73 bits per heavy atom. The average molecular weight is 248 g/mol. The van der Waals surface area contributed by atoms with Crippen LogP contribution in [0.3, 0.4) is 0 Å². The highest BCUT2D eigenvalue weighted by molar-refractivity contribution is 7.16. The number of hydrogen-bond acceptors (Lipinski definition) is 3. The third-order valence-corrected chi connectivity index (χ3v) is 3.28. The summed E-state index contributed by atoms with van der Waals surface area (Å²) in [6.07, 6.45) is 0.596. The molecule has 4 heteroatoms. The first-order chi connectivity index (χ1) is 7.08. The number of thiophene rings is 1. The van der Waals surface area contributed by atoms with Gasteiger partial charge in [-0.1, -0.05) is 25.4 Å². The van der Waals surface area contributed by atoms with Crippen LogP contribution in [0.1, 0.15) is 25.1 Å². The molecule has 1 unspecified atom stereocenters. The molecule has 15 heavy (non-hydrogen) atoms. The number of halogens is 1. The van der Waals surface area contributed by atoms with E-state index in [9.17, 15) is 5.11 Å². The van der Waals surface area contributed by atoms with Crippen molar-refractivity contribution in [1.29, 1.82) is 0 Å². The molecular formula is C11H18ClNOS. The van der Waals surface area contributed by atoms with E-state index in [-0.39, 0.29) is 6.10 Å². The highest BCUT2D eigenvalue weighted by Gasteiger charge is 2.06. The van der Waals surface area contributed by atoms with Crippen molar-refractivity contribution in [2.45, 2.75) is 32.9 Å². The molecule has 2 N–H and O–H groups in total. The largest absolute Gasteiger partial charge is 0.392 e.